The van der Waals surface area contributed by atoms with E-state index in [1.54, 1.807) is 11.1 Å². The molecule has 140 valence electrons. The van der Waals surface area contributed by atoms with Gasteiger partial charge >= 0.3 is 6.03 Å². The number of hydrogen-bond donors (Lipinski definition) is 2. The number of nitrogens with one attached hydrogen (secondary N) is 1. The normalized spacial score (nSPS) is 14.6. The molecule has 0 spiro atoms. The van der Waals surface area contributed by atoms with E-state index in [1.165, 1.54) is 24.0 Å². The van der Waals surface area contributed by atoms with Gasteiger partial charge in [0.1, 0.15) is 5.82 Å². The lowest BCUT2D eigenvalue weighted by atomic mass is 9.89. The van der Waals surface area contributed by atoms with Crippen LogP contribution in [0.3, 0.4) is 0 Å². The van der Waals surface area contributed by atoms with Gasteiger partial charge in [0.05, 0.1) is 19.2 Å². The van der Waals surface area contributed by atoms with Gasteiger partial charge in [-0.15, -0.1) is 0 Å². The Bertz CT molecular complexity index is 756. The van der Waals surface area contributed by atoms with E-state index in [2.05, 4.69) is 28.5 Å². The smallest absolute Gasteiger partial charge is 0.318 e. The summed E-state index contributed by atoms with van der Waals surface area (Å²) in [5.74, 6) is 0.787. The number of fused-ring (bicyclic) bond motifs is 1. The fourth-order valence-corrected chi connectivity index (χ4v) is 3.48. The average molecular weight is 356 g/mol. The molecule has 1 aromatic heterocycles. The maximum Gasteiger partial charge on any atom is 0.318 e. The van der Waals surface area contributed by atoms with Crippen molar-refractivity contribution in [1.29, 1.82) is 0 Å². The van der Waals surface area contributed by atoms with E-state index in [4.69, 9.17) is 0 Å². The van der Waals surface area contributed by atoms with Crippen molar-refractivity contribution in [3.05, 3.63) is 53.1 Å². The summed E-state index contributed by atoms with van der Waals surface area (Å²) < 4.78 is 1.88. The third kappa shape index (κ3) is 4.25. The molecule has 2 N–H and O–H groups in total. The van der Waals surface area contributed by atoms with Crippen LogP contribution in [0.4, 0.5) is 4.79 Å². The largest absolute Gasteiger partial charge is 0.395 e. The molecule has 0 bridgehead atoms. The molecule has 2 amide bonds. The molecule has 0 unspecified atom stereocenters. The number of aryl methyl sites for hydroxylation is 3. The zero-order valence-electron chi connectivity index (χ0n) is 15.6. The van der Waals surface area contributed by atoms with Gasteiger partial charge < -0.3 is 19.9 Å². The molecule has 0 saturated carbocycles. The molecule has 6 nitrogen and oxygen atoms in total. The Morgan fingerprint density at radius 3 is 2.81 bits per heavy atom. The average Bonchev–Trinajstić information content (AvgIpc) is 3.05. The maximum atomic E-state index is 12.7. The summed E-state index contributed by atoms with van der Waals surface area (Å²) in [6.07, 6.45) is 8.34. The minimum atomic E-state index is -0.188. The first-order valence-electron chi connectivity index (χ1n) is 9.32. The quantitative estimate of drug-likeness (QED) is 0.836. The van der Waals surface area contributed by atoms with E-state index in [1.807, 2.05) is 24.7 Å². The molecule has 1 aliphatic rings. The van der Waals surface area contributed by atoms with Crippen LogP contribution in [0.5, 0.6) is 0 Å². The van der Waals surface area contributed by atoms with Crippen LogP contribution in [-0.4, -0.2) is 38.7 Å². The Labute approximate surface area is 154 Å². The highest BCUT2D eigenvalue weighted by molar-refractivity contribution is 5.74. The van der Waals surface area contributed by atoms with Crippen molar-refractivity contribution in [1.82, 2.24) is 19.8 Å². The number of aliphatic hydroxyl groups excluding tert-OH is 1. The van der Waals surface area contributed by atoms with Crippen molar-refractivity contribution in [2.24, 2.45) is 7.05 Å². The minimum absolute atomic E-state index is 0.0783. The first-order valence-corrected chi connectivity index (χ1v) is 9.32. The number of amides is 2. The van der Waals surface area contributed by atoms with Gasteiger partial charge in [-0.2, -0.15) is 0 Å². The third-order valence-corrected chi connectivity index (χ3v) is 5.12. The molecule has 1 atom stereocenters. The lowest BCUT2D eigenvalue weighted by molar-refractivity contribution is 0.169. The predicted octanol–water partition coefficient (Wildman–Crippen LogP) is 2.56. The lowest BCUT2D eigenvalue weighted by Gasteiger charge is -2.25. The summed E-state index contributed by atoms with van der Waals surface area (Å²) in [7, 11) is 1.90. The fourth-order valence-electron chi connectivity index (χ4n) is 3.48. The van der Waals surface area contributed by atoms with Crippen LogP contribution >= 0.6 is 0 Å². The first-order chi connectivity index (χ1) is 12.6. The van der Waals surface area contributed by atoms with Gasteiger partial charge in [0.25, 0.3) is 0 Å². The van der Waals surface area contributed by atoms with Gasteiger partial charge in [0.2, 0.25) is 0 Å². The Balaban J connectivity index is 1.67. The highest BCUT2D eigenvalue weighted by atomic mass is 16.3. The molecule has 1 aliphatic carbocycles. The summed E-state index contributed by atoms with van der Waals surface area (Å²) in [6, 6.07) is 6.27. The Kier molecular flexibility index (Phi) is 5.93. The number of hydrogen-bond acceptors (Lipinski definition) is 3. The number of benzene rings is 1. The highest BCUT2D eigenvalue weighted by Crippen LogP contribution is 2.24. The van der Waals surface area contributed by atoms with Crippen molar-refractivity contribution in [3.63, 3.8) is 0 Å². The third-order valence-electron chi connectivity index (χ3n) is 5.12. The van der Waals surface area contributed by atoms with Crippen LogP contribution in [0.15, 0.2) is 30.6 Å². The molecule has 1 heterocycles. The first kappa shape index (κ1) is 18.5. The number of urea groups is 1. The predicted molar refractivity (Wildman–Crippen MR) is 101 cm³/mol. The molecule has 0 radical (unpaired) electrons. The molecule has 0 saturated heterocycles. The monoisotopic (exact) mass is 356 g/mol. The van der Waals surface area contributed by atoms with Crippen molar-refractivity contribution in [2.75, 3.05) is 13.2 Å². The second kappa shape index (κ2) is 8.36. The molecule has 26 heavy (non-hydrogen) atoms. The molecule has 3 rings (SSSR count). The highest BCUT2D eigenvalue weighted by Gasteiger charge is 2.19. The van der Waals surface area contributed by atoms with Gasteiger partial charge in [-0.3, -0.25) is 0 Å². The molecular formula is C20H28N4O2. The van der Waals surface area contributed by atoms with Gasteiger partial charge in [0.15, 0.2) is 0 Å². The van der Waals surface area contributed by atoms with E-state index in [9.17, 15) is 9.90 Å². The number of carbonyl (C=O) groups excluding carboxylic acids is 1. The van der Waals surface area contributed by atoms with E-state index in [-0.39, 0.29) is 25.2 Å². The second-order valence-electron chi connectivity index (χ2n) is 7.01. The zero-order valence-corrected chi connectivity index (χ0v) is 15.6. The Morgan fingerprint density at radius 2 is 2.12 bits per heavy atom. The van der Waals surface area contributed by atoms with Crippen LogP contribution in [0, 0.1) is 0 Å². The number of imidazole rings is 1. The summed E-state index contributed by atoms with van der Waals surface area (Å²) in [6.45, 7) is 2.56. The van der Waals surface area contributed by atoms with E-state index < -0.39 is 0 Å². The Hall–Kier alpha value is -2.34. The van der Waals surface area contributed by atoms with Crippen molar-refractivity contribution < 1.29 is 9.90 Å². The van der Waals surface area contributed by atoms with E-state index in [0.29, 0.717) is 6.54 Å². The number of carbonyl (C=O) groups is 1. The number of nitrogens with zero attached hydrogens (tertiary/aromatic N) is 3. The SMILES string of the molecule is C[C@H](NC(=O)N(CCO)Cc1nccn1C)c1ccc2c(c1)CCCC2. The van der Waals surface area contributed by atoms with E-state index in [0.717, 1.165) is 24.2 Å². The number of aliphatic hydroxyl groups is 1. The van der Waals surface area contributed by atoms with Crippen LogP contribution < -0.4 is 5.32 Å². The summed E-state index contributed by atoms with van der Waals surface area (Å²) in [4.78, 5) is 18.6. The minimum Gasteiger partial charge on any atom is -0.395 e. The van der Waals surface area contributed by atoms with Crippen molar-refractivity contribution >= 4 is 6.03 Å². The van der Waals surface area contributed by atoms with Gasteiger partial charge in [-0.05, 0) is 49.3 Å². The maximum absolute atomic E-state index is 12.7. The zero-order chi connectivity index (χ0) is 18.5. The van der Waals surface area contributed by atoms with Crippen LogP contribution in [0.25, 0.3) is 0 Å². The number of aromatic nitrogens is 2. The standard InChI is InChI=1S/C20H28N4O2/c1-15(17-8-7-16-5-3-4-6-18(16)13-17)22-20(26)24(11-12-25)14-19-21-9-10-23(19)2/h7-10,13,15,25H,3-6,11-12,14H2,1-2H3,(H,22,26)/t15-/m0/s1. The number of rotatable bonds is 6. The van der Waals surface area contributed by atoms with Crippen LogP contribution in [-0.2, 0) is 26.4 Å². The molecule has 2 aromatic rings. The van der Waals surface area contributed by atoms with Crippen LogP contribution in [0.1, 0.15) is 48.3 Å². The van der Waals surface area contributed by atoms with Crippen molar-refractivity contribution in [2.45, 2.75) is 45.2 Å². The molecule has 0 aliphatic heterocycles. The molecule has 6 heteroatoms. The Morgan fingerprint density at radius 1 is 1.35 bits per heavy atom. The van der Waals surface area contributed by atoms with Gasteiger partial charge in [-0.25, -0.2) is 9.78 Å². The molecular weight excluding hydrogens is 328 g/mol. The van der Waals surface area contributed by atoms with Crippen LogP contribution in [0.2, 0.25) is 0 Å². The van der Waals surface area contributed by atoms with E-state index >= 15 is 0 Å². The topological polar surface area (TPSA) is 70.4 Å². The van der Waals surface area contributed by atoms with Gasteiger partial charge in [-0.1, -0.05) is 18.2 Å². The summed E-state index contributed by atoms with van der Waals surface area (Å²) in [5, 5.41) is 12.4. The summed E-state index contributed by atoms with van der Waals surface area (Å²) in [5.41, 5.74) is 3.98. The molecule has 0 fully saturated rings. The molecule has 1 aromatic carbocycles. The lowest BCUT2D eigenvalue weighted by Crippen LogP contribution is -2.42. The van der Waals surface area contributed by atoms with Crippen molar-refractivity contribution in [3.8, 4) is 0 Å². The fraction of sp³-hybridized carbons (Fsp3) is 0.500. The summed E-state index contributed by atoms with van der Waals surface area (Å²) >= 11 is 0. The van der Waals surface area contributed by atoms with Gasteiger partial charge in [0, 0.05) is 26.0 Å². The second-order valence-corrected chi connectivity index (χ2v) is 7.01.